The molecule has 106 valence electrons. The average Bonchev–Trinajstić information content (AvgIpc) is 2.32. The Morgan fingerprint density at radius 3 is 2.74 bits per heavy atom. The zero-order valence-electron chi connectivity index (χ0n) is 9.78. The van der Waals surface area contributed by atoms with Gasteiger partial charge in [0.25, 0.3) is 5.91 Å². The molecule has 0 fully saturated rings. The van der Waals surface area contributed by atoms with Gasteiger partial charge in [0, 0.05) is 11.8 Å². The molecule has 0 spiro atoms. The predicted molar refractivity (Wildman–Crippen MR) is 61.4 cm³/mol. The van der Waals surface area contributed by atoms with Gasteiger partial charge in [-0.15, -0.1) is 0 Å². The summed E-state index contributed by atoms with van der Waals surface area (Å²) in [5.74, 6) is -0.447. The minimum absolute atomic E-state index is 0.325. The molecule has 0 bridgehead atoms. The van der Waals surface area contributed by atoms with Gasteiger partial charge in [0.15, 0.2) is 12.7 Å². The number of benzene rings is 1. The van der Waals surface area contributed by atoms with Crippen molar-refractivity contribution < 1.29 is 27.8 Å². The number of ether oxygens (including phenoxy) is 1. The maximum Gasteiger partial charge on any atom is 0.416 e. The summed E-state index contributed by atoms with van der Waals surface area (Å²) < 4.78 is 40.9. The predicted octanol–water partition coefficient (Wildman–Crippen LogP) is 0.687. The van der Waals surface area contributed by atoms with Gasteiger partial charge in [-0.2, -0.15) is 13.2 Å². The average molecular weight is 278 g/mol. The molecule has 0 heterocycles. The normalized spacial score (nSPS) is 12.8. The van der Waals surface area contributed by atoms with Crippen molar-refractivity contribution in [3.8, 4) is 5.75 Å². The zero-order chi connectivity index (χ0) is 14.5. The number of halogens is 3. The van der Waals surface area contributed by atoms with Crippen molar-refractivity contribution in [2.24, 2.45) is 0 Å². The molecule has 0 aliphatic heterocycles. The molecule has 0 radical (unpaired) electrons. The Balaban J connectivity index is 2.33. The van der Waals surface area contributed by atoms with Gasteiger partial charge >= 0.3 is 6.18 Å². The minimum atomic E-state index is -4.76. The first-order valence-electron chi connectivity index (χ1n) is 5.29. The third-order valence-electron chi connectivity index (χ3n) is 2.10. The van der Waals surface area contributed by atoms with Crippen molar-refractivity contribution in [1.82, 2.24) is 5.32 Å². The Kier molecular flexibility index (Phi) is 4.99. The van der Waals surface area contributed by atoms with E-state index < -0.39 is 31.3 Å². The van der Waals surface area contributed by atoms with E-state index in [1.807, 2.05) is 5.32 Å². The molecule has 4 N–H and O–H groups in total. The van der Waals surface area contributed by atoms with Crippen LogP contribution in [0.4, 0.5) is 18.9 Å². The van der Waals surface area contributed by atoms with E-state index >= 15 is 0 Å². The standard InChI is InChI=1S/C11H13F3N2O3/c12-11(13,14)9(17)5-16-10(18)6-19-8-3-1-2-7(15)4-8/h1-4,9,17H,5-6,15H2,(H,16,18). The van der Waals surface area contributed by atoms with Gasteiger partial charge in [-0.25, -0.2) is 0 Å². The number of aliphatic hydroxyl groups excluding tert-OH is 1. The van der Waals surface area contributed by atoms with Gasteiger partial charge in [-0.05, 0) is 12.1 Å². The van der Waals surface area contributed by atoms with Crippen LogP contribution in [0.2, 0.25) is 0 Å². The van der Waals surface area contributed by atoms with E-state index in [0.29, 0.717) is 11.4 Å². The third-order valence-corrected chi connectivity index (χ3v) is 2.10. The van der Waals surface area contributed by atoms with E-state index in [9.17, 15) is 18.0 Å². The first-order chi connectivity index (χ1) is 8.79. The molecule has 1 aromatic rings. The van der Waals surface area contributed by atoms with Gasteiger partial charge in [0.05, 0.1) is 6.54 Å². The number of nitrogens with two attached hydrogens (primary N) is 1. The smallest absolute Gasteiger partial charge is 0.416 e. The molecule has 5 nitrogen and oxygen atoms in total. The summed E-state index contributed by atoms with van der Waals surface area (Å²) >= 11 is 0. The lowest BCUT2D eigenvalue weighted by molar-refractivity contribution is -0.201. The molecule has 0 aliphatic rings. The molecule has 19 heavy (non-hydrogen) atoms. The number of rotatable bonds is 5. The molecule has 0 saturated carbocycles. The lowest BCUT2D eigenvalue weighted by Crippen LogP contribution is -2.42. The van der Waals surface area contributed by atoms with E-state index in [1.54, 1.807) is 18.2 Å². The van der Waals surface area contributed by atoms with Gasteiger partial charge in [0.1, 0.15) is 5.75 Å². The first kappa shape index (κ1) is 15.1. The first-order valence-corrected chi connectivity index (χ1v) is 5.29. The number of alkyl halides is 3. The summed E-state index contributed by atoms with van der Waals surface area (Å²) in [7, 11) is 0. The number of nitrogen functional groups attached to an aromatic ring is 1. The molecule has 1 amide bonds. The van der Waals surface area contributed by atoms with Crippen LogP contribution < -0.4 is 15.8 Å². The number of anilines is 1. The van der Waals surface area contributed by atoms with E-state index in [4.69, 9.17) is 15.6 Å². The molecule has 0 aromatic heterocycles. The van der Waals surface area contributed by atoms with Gasteiger partial charge in [-0.3, -0.25) is 4.79 Å². The van der Waals surface area contributed by atoms with Crippen molar-refractivity contribution in [1.29, 1.82) is 0 Å². The number of carbonyl (C=O) groups excluding carboxylic acids is 1. The van der Waals surface area contributed by atoms with E-state index in [1.165, 1.54) is 6.07 Å². The molecular weight excluding hydrogens is 265 g/mol. The van der Waals surface area contributed by atoms with Crippen molar-refractivity contribution in [3.63, 3.8) is 0 Å². The maximum absolute atomic E-state index is 11.9. The van der Waals surface area contributed by atoms with Crippen LogP contribution in [-0.2, 0) is 4.79 Å². The maximum atomic E-state index is 11.9. The van der Waals surface area contributed by atoms with Crippen molar-refractivity contribution in [3.05, 3.63) is 24.3 Å². The van der Waals surface area contributed by atoms with Crippen molar-refractivity contribution >= 4 is 11.6 Å². The molecule has 0 aliphatic carbocycles. The lowest BCUT2D eigenvalue weighted by atomic mass is 10.3. The van der Waals surface area contributed by atoms with Gasteiger partial charge in [0.2, 0.25) is 0 Å². The molecule has 1 aromatic carbocycles. The SMILES string of the molecule is Nc1cccc(OCC(=O)NCC(O)C(F)(F)F)c1. The summed E-state index contributed by atoms with van der Waals surface area (Å²) in [5.41, 5.74) is 5.91. The van der Waals surface area contributed by atoms with Crippen LogP contribution in [0.3, 0.4) is 0 Å². The number of carbonyl (C=O) groups is 1. The van der Waals surface area contributed by atoms with Crippen LogP contribution in [0, 0.1) is 0 Å². The number of nitrogens with one attached hydrogen (secondary N) is 1. The number of hydrogen-bond donors (Lipinski definition) is 3. The molecule has 1 atom stereocenters. The second-order valence-electron chi connectivity index (χ2n) is 3.72. The molecule has 8 heteroatoms. The Morgan fingerprint density at radius 1 is 1.47 bits per heavy atom. The van der Waals surface area contributed by atoms with E-state index in [2.05, 4.69) is 0 Å². The summed E-state index contributed by atoms with van der Waals surface area (Å²) in [6.07, 6.45) is -7.36. The molecule has 1 unspecified atom stereocenters. The molecule has 0 saturated heterocycles. The fourth-order valence-electron chi connectivity index (χ4n) is 1.13. The highest BCUT2D eigenvalue weighted by molar-refractivity contribution is 5.77. The van der Waals surface area contributed by atoms with Crippen LogP contribution in [0.15, 0.2) is 24.3 Å². The quantitative estimate of drug-likeness (QED) is 0.692. The summed E-state index contributed by atoms with van der Waals surface area (Å²) in [6.45, 7) is -1.38. The summed E-state index contributed by atoms with van der Waals surface area (Å²) in [6, 6.07) is 6.24. The molecule has 1 rings (SSSR count). The second kappa shape index (κ2) is 6.28. The Hall–Kier alpha value is -1.96. The van der Waals surface area contributed by atoms with Crippen LogP contribution in [0.5, 0.6) is 5.75 Å². The fourth-order valence-corrected chi connectivity index (χ4v) is 1.13. The number of aliphatic hydroxyl groups is 1. The summed E-state index contributed by atoms with van der Waals surface area (Å²) in [4.78, 5) is 11.2. The Labute approximate surface area is 107 Å². The van der Waals surface area contributed by atoms with Gasteiger partial charge < -0.3 is 20.9 Å². The van der Waals surface area contributed by atoms with Crippen molar-refractivity contribution in [2.45, 2.75) is 12.3 Å². The highest BCUT2D eigenvalue weighted by atomic mass is 19.4. The number of hydrogen-bond acceptors (Lipinski definition) is 4. The van der Waals surface area contributed by atoms with Gasteiger partial charge in [-0.1, -0.05) is 6.07 Å². The monoisotopic (exact) mass is 278 g/mol. The number of amides is 1. The largest absolute Gasteiger partial charge is 0.484 e. The van der Waals surface area contributed by atoms with Crippen molar-refractivity contribution in [2.75, 3.05) is 18.9 Å². The fraction of sp³-hybridized carbons (Fsp3) is 0.364. The minimum Gasteiger partial charge on any atom is -0.484 e. The third kappa shape index (κ3) is 5.47. The summed E-state index contributed by atoms with van der Waals surface area (Å²) in [5, 5.41) is 10.6. The Bertz CT molecular complexity index is 437. The van der Waals surface area contributed by atoms with E-state index in [0.717, 1.165) is 0 Å². The van der Waals surface area contributed by atoms with Crippen LogP contribution in [0.1, 0.15) is 0 Å². The zero-order valence-corrected chi connectivity index (χ0v) is 9.78. The Morgan fingerprint density at radius 2 is 2.16 bits per heavy atom. The molecular formula is C11H13F3N2O3. The highest BCUT2D eigenvalue weighted by Crippen LogP contribution is 2.19. The lowest BCUT2D eigenvalue weighted by Gasteiger charge is -2.15. The van der Waals surface area contributed by atoms with Crippen LogP contribution in [-0.4, -0.2) is 36.4 Å². The highest BCUT2D eigenvalue weighted by Gasteiger charge is 2.38. The topological polar surface area (TPSA) is 84.6 Å². The van der Waals surface area contributed by atoms with Crippen LogP contribution in [0.25, 0.3) is 0 Å². The second-order valence-corrected chi connectivity index (χ2v) is 3.72. The van der Waals surface area contributed by atoms with Crippen LogP contribution >= 0.6 is 0 Å². The van der Waals surface area contributed by atoms with E-state index in [-0.39, 0.29) is 0 Å².